The van der Waals surface area contributed by atoms with Crippen LogP contribution < -0.4 is 5.32 Å². The molecular weight excluding hydrogens is 326 g/mol. The molecule has 0 spiro atoms. The van der Waals surface area contributed by atoms with Crippen molar-refractivity contribution in [3.8, 4) is 0 Å². The van der Waals surface area contributed by atoms with Gasteiger partial charge in [-0.15, -0.1) is 0 Å². The zero-order chi connectivity index (χ0) is 18.7. The number of benzene rings is 1. The van der Waals surface area contributed by atoms with E-state index in [1.165, 1.54) is 12.1 Å². The third kappa shape index (κ3) is 6.27. The largest absolute Gasteiger partial charge is 0.444 e. The average Bonchev–Trinajstić information content (AvgIpc) is 2.47. The van der Waals surface area contributed by atoms with Crippen LogP contribution in [0.1, 0.15) is 44.7 Å². The lowest BCUT2D eigenvalue weighted by atomic mass is 10.0. The van der Waals surface area contributed by atoms with Crippen LogP contribution in [0, 0.1) is 6.92 Å². The molecule has 1 aliphatic heterocycles. The Morgan fingerprint density at radius 3 is 2.28 bits per heavy atom. The van der Waals surface area contributed by atoms with Crippen LogP contribution in [-0.2, 0) is 10.7 Å². The number of carbonyl (C=O) groups is 1. The minimum Gasteiger partial charge on any atom is -0.444 e. The van der Waals surface area contributed by atoms with Gasteiger partial charge in [-0.25, -0.2) is 4.79 Å². The van der Waals surface area contributed by atoms with E-state index in [0.29, 0.717) is 25.9 Å². The zero-order valence-electron chi connectivity index (χ0n) is 15.4. The van der Waals surface area contributed by atoms with E-state index in [2.05, 4.69) is 5.32 Å². The molecule has 0 unspecified atom stereocenters. The first-order chi connectivity index (χ1) is 11.5. The van der Waals surface area contributed by atoms with Gasteiger partial charge in [0.05, 0.1) is 6.54 Å². The summed E-state index contributed by atoms with van der Waals surface area (Å²) >= 11 is 0. The number of carbonyl (C=O) groups excluding carboxylic acids is 1. The Balaban J connectivity index is 1.82. The first-order valence-electron chi connectivity index (χ1n) is 8.72. The molecule has 1 fully saturated rings. The average molecular weight is 354 g/mol. The highest BCUT2D eigenvalue weighted by Crippen LogP contribution is 2.30. The Kier molecular flexibility index (Phi) is 6.03. The number of halogens is 2. The lowest BCUT2D eigenvalue weighted by Crippen LogP contribution is -2.48. The van der Waals surface area contributed by atoms with Crippen LogP contribution >= 0.6 is 0 Å². The van der Waals surface area contributed by atoms with Crippen molar-refractivity contribution in [2.75, 3.05) is 19.6 Å². The van der Waals surface area contributed by atoms with Crippen LogP contribution in [0.15, 0.2) is 24.3 Å². The smallest absolute Gasteiger partial charge is 0.407 e. The summed E-state index contributed by atoms with van der Waals surface area (Å²) in [7, 11) is 0. The summed E-state index contributed by atoms with van der Waals surface area (Å²) < 4.78 is 34.1. The molecule has 0 aromatic heterocycles. The second-order valence-electron chi connectivity index (χ2n) is 7.77. The monoisotopic (exact) mass is 354 g/mol. The molecule has 6 heteroatoms. The molecule has 1 amide bonds. The second-order valence-corrected chi connectivity index (χ2v) is 7.77. The number of ether oxygens (including phenoxy) is 1. The molecule has 1 saturated heterocycles. The highest BCUT2D eigenvalue weighted by Gasteiger charge is 2.35. The van der Waals surface area contributed by atoms with Crippen LogP contribution in [0.5, 0.6) is 0 Å². The Bertz CT molecular complexity index is 574. The van der Waals surface area contributed by atoms with Gasteiger partial charge >= 0.3 is 6.09 Å². The Morgan fingerprint density at radius 1 is 1.20 bits per heavy atom. The molecule has 0 atom stereocenters. The number of aryl methyl sites for hydroxylation is 1. The maximum atomic E-state index is 14.4. The highest BCUT2D eigenvalue weighted by molar-refractivity contribution is 5.68. The van der Waals surface area contributed by atoms with Crippen molar-refractivity contribution >= 4 is 6.09 Å². The van der Waals surface area contributed by atoms with Crippen molar-refractivity contribution in [3.05, 3.63) is 35.4 Å². The van der Waals surface area contributed by atoms with E-state index >= 15 is 0 Å². The standard InChI is InChI=1S/C19H28F2N2O2/c1-14-5-7-15(8-6-14)19(20,21)13-23-11-9-16(10-12-23)22-17(24)25-18(2,3)4/h5-8,16H,9-13H2,1-4H3,(H,22,24). The number of nitrogens with zero attached hydrogens (tertiary/aromatic N) is 1. The second kappa shape index (κ2) is 7.68. The number of piperidine rings is 1. The lowest BCUT2D eigenvalue weighted by molar-refractivity contribution is -0.0434. The third-order valence-electron chi connectivity index (χ3n) is 4.20. The van der Waals surface area contributed by atoms with Crippen LogP contribution in [0.2, 0.25) is 0 Å². The molecule has 1 aromatic rings. The van der Waals surface area contributed by atoms with E-state index in [9.17, 15) is 13.6 Å². The fourth-order valence-corrected chi connectivity index (χ4v) is 2.88. The topological polar surface area (TPSA) is 41.6 Å². The number of alkyl halides is 2. The fourth-order valence-electron chi connectivity index (χ4n) is 2.88. The number of hydrogen-bond acceptors (Lipinski definition) is 3. The van der Waals surface area contributed by atoms with Crippen molar-refractivity contribution in [1.82, 2.24) is 10.2 Å². The van der Waals surface area contributed by atoms with Crippen molar-refractivity contribution in [3.63, 3.8) is 0 Å². The molecule has 25 heavy (non-hydrogen) atoms. The van der Waals surface area contributed by atoms with Gasteiger partial charge in [0.1, 0.15) is 5.60 Å². The van der Waals surface area contributed by atoms with Gasteiger partial charge in [-0.2, -0.15) is 8.78 Å². The van der Waals surface area contributed by atoms with Crippen LogP contribution in [0.3, 0.4) is 0 Å². The fraction of sp³-hybridized carbons (Fsp3) is 0.632. The zero-order valence-corrected chi connectivity index (χ0v) is 15.4. The summed E-state index contributed by atoms with van der Waals surface area (Å²) in [6.45, 7) is 8.07. The number of likely N-dealkylation sites (tertiary alicyclic amines) is 1. The maximum Gasteiger partial charge on any atom is 0.407 e. The van der Waals surface area contributed by atoms with Crippen molar-refractivity contribution in [2.45, 2.75) is 58.1 Å². The third-order valence-corrected chi connectivity index (χ3v) is 4.20. The maximum absolute atomic E-state index is 14.4. The van der Waals surface area contributed by atoms with Gasteiger partial charge in [0.15, 0.2) is 0 Å². The van der Waals surface area contributed by atoms with Gasteiger partial charge in [0.25, 0.3) is 5.92 Å². The van der Waals surface area contributed by atoms with Crippen molar-refractivity contribution in [1.29, 1.82) is 0 Å². The number of alkyl carbamates (subject to hydrolysis) is 1. The molecule has 0 saturated carbocycles. The van der Waals surface area contributed by atoms with Gasteiger partial charge in [-0.3, -0.25) is 4.90 Å². The van der Waals surface area contributed by atoms with Gasteiger partial charge in [0, 0.05) is 24.7 Å². The molecule has 4 nitrogen and oxygen atoms in total. The van der Waals surface area contributed by atoms with E-state index in [4.69, 9.17) is 4.74 Å². The van der Waals surface area contributed by atoms with E-state index in [1.807, 2.05) is 27.7 Å². The Hall–Kier alpha value is -1.69. The van der Waals surface area contributed by atoms with E-state index in [-0.39, 0.29) is 18.2 Å². The van der Waals surface area contributed by atoms with E-state index in [1.54, 1.807) is 17.0 Å². The Morgan fingerprint density at radius 2 is 1.76 bits per heavy atom. The number of amides is 1. The first kappa shape index (κ1) is 19.6. The Labute approximate surface area is 148 Å². The molecule has 2 rings (SSSR count). The predicted molar refractivity (Wildman–Crippen MR) is 93.9 cm³/mol. The predicted octanol–water partition coefficient (Wildman–Crippen LogP) is 4.08. The van der Waals surface area contributed by atoms with Gasteiger partial charge < -0.3 is 10.1 Å². The number of rotatable bonds is 4. The molecule has 1 heterocycles. The van der Waals surface area contributed by atoms with Gasteiger partial charge in [-0.05, 0) is 40.5 Å². The van der Waals surface area contributed by atoms with E-state index < -0.39 is 17.6 Å². The van der Waals surface area contributed by atoms with Crippen LogP contribution in [0.25, 0.3) is 0 Å². The van der Waals surface area contributed by atoms with E-state index in [0.717, 1.165) is 5.56 Å². The minimum atomic E-state index is -2.88. The summed E-state index contributed by atoms with van der Waals surface area (Å²) in [5.41, 5.74) is 0.474. The summed E-state index contributed by atoms with van der Waals surface area (Å²) in [4.78, 5) is 13.5. The molecule has 0 aliphatic carbocycles. The molecule has 1 N–H and O–H groups in total. The van der Waals surface area contributed by atoms with Crippen LogP contribution in [0.4, 0.5) is 13.6 Å². The highest BCUT2D eigenvalue weighted by atomic mass is 19.3. The molecule has 0 bridgehead atoms. The molecule has 1 aliphatic rings. The van der Waals surface area contributed by atoms with Gasteiger partial charge in [0.2, 0.25) is 0 Å². The lowest BCUT2D eigenvalue weighted by Gasteiger charge is -2.34. The van der Waals surface area contributed by atoms with Crippen LogP contribution in [-0.4, -0.2) is 42.3 Å². The molecule has 1 aromatic carbocycles. The summed E-state index contributed by atoms with van der Waals surface area (Å²) in [5.74, 6) is -2.88. The summed E-state index contributed by atoms with van der Waals surface area (Å²) in [6.07, 6.45) is 0.836. The SMILES string of the molecule is Cc1ccc(C(F)(F)CN2CCC(NC(=O)OC(C)(C)C)CC2)cc1. The first-order valence-corrected chi connectivity index (χ1v) is 8.72. The molecule has 140 valence electrons. The molecular formula is C19H28F2N2O2. The quantitative estimate of drug-likeness (QED) is 0.886. The summed E-state index contributed by atoms with van der Waals surface area (Å²) in [5, 5.41) is 2.82. The van der Waals surface area contributed by atoms with Crippen molar-refractivity contribution < 1.29 is 18.3 Å². The number of hydrogen-bond donors (Lipinski definition) is 1. The van der Waals surface area contributed by atoms with Crippen molar-refractivity contribution in [2.24, 2.45) is 0 Å². The normalized spacial score (nSPS) is 17.4. The number of nitrogens with one attached hydrogen (secondary N) is 1. The van der Waals surface area contributed by atoms with Gasteiger partial charge in [-0.1, -0.05) is 29.8 Å². The minimum absolute atomic E-state index is 0.0286. The summed E-state index contributed by atoms with van der Waals surface area (Å²) in [6, 6.07) is 6.37. The molecule has 0 radical (unpaired) electrons.